The number of hydrogen-bond donors (Lipinski definition) is 4. The summed E-state index contributed by atoms with van der Waals surface area (Å²) in [6.45, 7) is 3.80. The Bertz CT molecular complexity index is 345. The lowest BCUT2D eigenvalue weighted by molar-refractivity contribution is -0.137. The van der Waals surface area contributed by atoms with Crippen molar-refractivity contribution in [3.05, 3.63) is 0 Å². The lowest BCUT2D eigenvalue weighted by Crippen LogP contribution is -1.93. The molecule has 0 aromatic carbocycles. The topological polar surface area (TPSA) is 132 Å². The molecule has 24 heavy (non-hydrogen) atoms. The van der Waals surface area contributed by atoms with Crippen LogP contribution in [0.2, 0.25) is 0 Å². The van der Waals surface area contributed by atoms with Crippen molar-refractivity contribution >= 4 is 31.1 Å². The number of rotatable bonds is 11. The summed E-state index contributed by atoms with van der Waals surface area (Å²) < 4.78 is 9.84. The van der Waals surface area contributed by atoms with Gasteiger partial charge in [-0.3, -0.25) is 14.2 Å². The first-order valence-corrected chi connectivity index (χ1v) is 10.5. The molecule has 0 saturated heterocycles. The number of halogens is 1. The SMILES string of the molecule is CCC(=O)O.CCCCCCCCCC(=O)O.O=P(O)(O)CCCl. The number of hydrogen-bond acceptors (Lipinski definition) is 3. The molecule has 0 bridgehead atoms. The Labute approximate surface area is 149 Å². The first-order valence-electron chi connectivity index (χ1n) is 8.14. The van der Waals surface area contributed by atoms with E-state index in [-0.39, 0.29) is 18.5 Å². The molecule has 0 amide bonds. The summed E-state index contributed by atoms with van der Waals surface area (Å²) in [4.78, 5) is 35.6. The van der Waals surface area contributed by atoms with Gasteiger partial charge in [-0.2, -0.15) is 0 Å². The maximum absolute atomic E-state index is 10.1. The van der Waals surface area contributed by atoms with E-state index in [0.717, 1.165) is 12.8 Å². The second-order valence-electron chi connectivity index (χ2n) is 5.09. The first-order chi connectivity index (χ1) is 11.1. The lowest BCUT2D eigenvalue weighted by atomic mass is 10.1. The minimum absolute atomic E-state index is 0.0181. The summed E-state index contributed by atoms with van der Waals surface area (Å²) in [5.41, 5.74) is 0. The van der Waals surface area contributed by atoms with Crippen LogP contribution in [0.1, 0.15) is 71.6 Å². The van der Waals surface area contributed by atoms with Crippen LogP contribution in [-0.2, 0) is 14.2 Å². The molecule has 9 heteroatoms. The van der Waals surface area contributed by atoms with Crippen LogP contribution in [0.3, 0.4) is 0 Å². The van der Waals surface area contributed by atoms with Gasteiger partial charge in [-0.05, 0) is 6.42 Å². The standard InChI is InChI=1S/C10H20O2.C3H6O2.C2H6ClO3P/c1-2-3-4-5-6-7-8-9-10(11)12;1-2-3(4)5;3-1-2-7(4,5)6/h2-9H2,1H3,(H,11,12);2H2,1H3,(H,4,5);1-2H2,(H2,4,5,6). The average molecular weight is 391 g/mol. The summed E-state index contributed by atoms with van der Waals surface area (Å²) in [5, 5.41) is 16.1. The second-order valence-corrected chi connectivity index (χ2v) is 7.24. The molecule has 0 aliphatic heterocycles. The Hall–Kier alpha value is -0.620. The summed E-state index contributed by atoms with van der Waals surface area (Å²) >= 11 is 4.99. The van der Waals surface area contributed by atoms with Crippen molar-refractivity contribution in [1.82, 2.24) is 0 Å². The number of aliphatic carboxylic acids is 2. The van der Waals surface area contributed by atoms with E-state index in [1.54, 1.807) is 6.92 Å². The summed E-state index contributed by atoms with van der Waals surface area (Å²) in [6, 6.07) is 0. The molecule has 0 aromatic heterocycles. The predicted molar refractivity (Wildman–Crippen MR) is 95.8 cm³/mol. The monoisotopic (exact) mass is 390 g/mol. The number of alkyl halides is 1. The van der Waals surface area contributed by atoms with Crippen molar-refractivity contribution in [2.24, 2.45) is 0 Å². The minimum atomic E-state index is -3.80. The van der Waals surface area contributed by atoms with Gasteiger partial charge in [0.25, 0.3) is 0 Å². The maximum atomic E-state index is 10.1. The van der Waals surface area contributed by atoms with Crippen molar-refractivity contribution in [1.29, 1.82) is 0 Å². The van der Waals surface area contributed by atoms with Gasteiger partial charge < -0.3 is 20.0 Å². The largest absolute Gasteiger partial charge is 0.481 e. The average Bonchev–Trinajstić information content (AvgIpc) is 2.46. The molecule has 0 saturated carbocycles. The van der Waals surface area contributed by atoms with Gasteiger partial charge in [0.2, 0.25) is 0 Å². The molecular formula is C15H32ClO7P. The van der Waals surface area contributed by atoms with Gasteiger partial charge >= 0.3 is 19.5 Å². The molecule has 0 radical (unpaired) electrons. The molecular weight excluding hydrogens is 359 g/mol. The Morgan fingerprint density at radius 3 is 1.54 bits per heavy atom. The second kappa shape index (κ2) is 20.4. The quantitative estimate of drug-likeness (QED) is 0.237. The molecule has 7 nitrogen and oxygen atoms in total. The molecule has 0 atom stereocenters. The minimum Gasteiger partial charge on any atom is -0.481 e. The molecule has 4 N–H and O–H groups in total. The number of carboxylic acid groups (broad SMARTS) is 2. The molecule has 0 unspecified atom stereocenters. The van der Waals surface area contributed by atoms with Crippen LogP contribution in [0.25, 0.3) is 0 Å². The Morgan fingerprint density at radius 2 is 1.29 bits per heavy atom. The third kappa shape index (κ3) is 42.9. The van der Waals surface area contributed by atoms with E-state index in [0.29, 0.717) is 6.42 Å². The highest BCUT2D eigenvalue weighted by Gasteiger charge is 2.09. The van der Waals surface area contributed by atoms with Crippen LogP contribution < -0.4 is 0 Å². The van der Waals surface area contributed by atoms with Crippen molar-refractivity contribution in [2.45, 2.75) is 71.6 Å². The van der Waals surface area contributed by atoms with Crippen LogP contribution in [0, 0.1) is 0 Å². The van der Waals surface area contributed by atoms with Gasteiger partial charge in [0.15, 0.2) is 0 Å². The third-order valence-electron chi connectivity index (χ3n) is 2.67. The van der Waals surface area contributed by atoms with E-state index in [1.807, 2.05) is 0 Å². The van der Waals surface area contributed by atoms with E-state index >= 15 is 0 Å². The highest BCUT2D eigenvalue weighted by molar-refractivity contribution is 7.51. The van der Waals surface area contributed by atoms with Crippen LogP contribution in [0.5, 0.6) is 0 Å². The predicted octanol–water partition coefficient (Wildman–Crippen LogP) is 4.10. The van der Waals surface area contributed by atoms with E-state index in [1.165, 1.54) is 32.1 Å². The zero-order chi connectivity index (χ0) is 19.4. The maximum Gasteiger partial charge on any atom is 0.326 e. The molecule has 0 aromatic rings. The van der Waals surface area contributed by atoms with Gasteiger partial charge in [0.05, 0.1) is 6.16 Å². The van der Waals surface area contributed by atoms with Gasteiger partial charge in [0.1, 0.15) is 0 Å². The molecule has 0 rings (SSSR count). The smallest absolute Gasteiger partial charge is 0.326 e. The molecule has 0 aliphatic rings. The third-order valence-corrected chi connectivity index (χ3v) is 3.93. The summed E-state index contributed by atoms with van der Waals surface area (Å²) in [6.07, 6.45) is 8.64. The van der Waals surface area contributed by atoms with Gasteiger partial charge in [0, 0.05) is 18.7 Å². The lowest BCUT2D eigenvalue weighted by Gasteiger charge is -1.98. The van der Waals surface area contributed by atoms with E-state index in [9.17, 15) is 14.2 Å². The highest BCUT2D eigenvalue weighted by Crippen LogP contribution is 2.33. The number of carbonyl (C=O) groups is 2. The van der Waals surface area contributed by atoms with Gasteiger partial charge in [-0.1, -0.05) is 52.4 Å². The Kier molecular flexibility index (Phi) is 24.0. The van der Waals surface area contributed by atoms with E-state index < -0.39 is 19.5 Å². The van der Waals surface area contributed by atoms with Crippen LogP contribution in [0.15, 0.2) is 0 Å². The molecule has 0 heterocycles. The van der Waals surface area contributed by atoms with Crippen molar-refractivity contribution in [3.8, 4) is 0 Å². The fourth-order valence-electron chi connectivity index (χ4n) is 1.34. The van der Waals surface area contributed by atoms with Crippen LogP contribution in [-0.4, -0.2) is 44.0 Å². The molecule has 0 fully saturated rings. The Morgan fingerprint density at radius 1 is 0.875 bits per heavy atom. The highest BCUT2D eigenvalue weighted by atomic mass is 35.5. The number of carboxylic acids is 2. The number of unbranched alkanes of at least 4 members (excludes halogenated alkanes) is 6. The normalized spacial score (nSPS) is 10.0. The van der Waals surface area contributed by atoms with Crippen molar-refractivity contribution < 1.29 is 34.2 Å². The molecule has 0 aliphatic carbocycles. The van der Waals surface area contributed by atoms with Crippen molar-refractivity contribution in [2.75, 3.05) is 12.0 Å². The van der Waals surface area contributed by atoms with E-state index in [2.05, 4.69) is 6.92 Å². The zero-order valence-corrected chi connectivity index (χ0v) is 16.3. The van der Waals surface area contributed by atoms with Gasteiger partial charge in [-0.25, -0.2) is 0 Å². The van der Waals surface area contributed by atoms with E-state index in [4.69, 9.17) is 31.6 Å². The van der Waals surface area contributed by atoms with Crippen LogP contribution in [0.4, 0.5) is 0 Å². The van der Waals surface area contributed by atoms with Crippen LogP contribution >= 0.6 is 19.2 Å². The Balaban J connectivity index is -0.000000311. The fourth-order valence-corrected chi connectivity index (χ4v) is 2.22. The first kappa shape index (κ1) is 28.2. The summed E-state index contributed by atoms with van der Waals surface area (Å²) in [5.74, 6) is -1.39. The summed E-state index contributed by atoms with van der Waals surface area (Å²) in [7, 11) is -3.80. The zero-order valence-electron chi connectivity index (χ0n) is 14.6. The fraction of sp³-hybridized carbons (Fsp3) is 0.867. The molecule has 0 spiro atoms. The van der Waals surface area contributed by atoms with Crippen molar-refractivity contribution in [3.63, 3.8) is 0 Å². The van der Waals surface area contributed by atoms with Gasteiger partial charge in [-0.15, -0.1) is 11.6 Å². The molecule has 146 valence electrons.